The second-order valence-electron chi connectivity index (χ2n) is 3.67. The number of carbonyl (C=O) groups is 1. The van der Waals surface area contributed by atoms with Crippen molar-refractivity contribution in [2.75, 3.05) is 13.2 Å². The zero-order chi connectivity index (χ0) is 9.84. The Hall–Kier alpha value is -0.320. The van der Waals surface area contributed by atoms with Crippen molar-refractivity contribution in [2.24, 2.45) is 0 Å². The summed E-state index contributed by atoms with van der Waals surface area (Å²) in [5.74, 6) is 0.0298. The van der Waals surface area contributed by atoms with Crippen LogP contribution in [0.3, 0.4) is 0 Å². The van der Waals surface area contributed by atoms with Gasteiger partial charge >= 0.3 is 0 Å². The van der Waals surface area contributed by atoms with Gasteiger partial charge in [0.15, 0.2) is 0 Å². The van der Waals surface area contributed by atoms with Crippen molar-refractivity contribution in [3.63, 3.8) is 0 Å². The van der Waals surface area contributed by atoms with Crippen molar-refractivity contribution in [1.82, 2.24) is 10.6 Å². The molecule has 84 valence electrons. The van der Waals surface area contributed by atoms with Crippen LogP contribution in [-0.4, -0.2) is 37.2 Å². The van der Waals surface area contributed by atoms with Crippen LogP contribution in [0.2, 0.25) is 0 Å². The van der Waals surface area contributed by atoms with Crippen molar-refractivity contribution in [3.05, 3.63) is 0 Å². The number of hydrogen-bond donors (Lipinski definition) is 2. The van der Waals surface area contributed by atoms with Crippen LogP contribution in [0.4, 0.5) is 0 Å². The Balaban J connectivity index is 0.00000169. The summed E-state index contributed by atoms with van der Waals surface area (Å²) in [6, 6.07) is -0.0143. The number of rotatable bonds is 2. The molecule has 1 fully saturated rings. The Labute approximate surface area is 91.2 Å². The van der Waals surface area contributed by atoms with E-state index in [1.807, 2.05) is 20.8 Å². The van der Waals surface area contributed by atoms with Crippen molar-refractivity contribution in [2.45, 2.75) is 39.0 Å². The van der Waals surface area contributed by atoms with Gasteiger partial charge in [-0.25, -0.2) is 0 Å². The summed E-state index contributed by atoms with van der Waals surface area (Å²) in [7, 11) is 0. The summed E-state index contributed by atoms with van der Waals surface area (Å²) in [5.41, 5.74) is 0. The lowest BCUT2D eigenvalue weighted by Crippen LogP contribution is -2.56. The molecule has 5 heteroatoms. The molecule has 1 aliphatic heterocycles. The fourth-order valence-corrected chi connectivity index (χ4v) is 1.40. The summed E-state index contributed by atoms with van der Waals surface area (Å²) in [6.07, 6.45) is -0.0347. The van der Waals surface area contributed by atoms with E-state index in [-0.39, 0.29) is 36.5 Å². The standard InChI is InChI=1S/C9H18N2O2.ClH/c1-6(2)11-9(12)8-7(3)13-5-4-10-8;/h6-8,10H,4-5H2,1-3H3,(H,11,12);1H/t7-,8+;/m1./s1. The highest BCUT2D eigenvalue weighted by Gasteiger charge is 2.28. The van der Waals surface area contributed by atoms with Crippen LogP contribution in [0, 0.1) is 0 Å². The van der Waals surface area contributed by atoms with Crippen LogP contribution >= 0.6 is 12.4 Å². The molecule has 2 N–H and O–H groups in total. The Morgan fingerprint density at radius 3 is 2.71 bits per heavy atom. The Morgan fingerprint density at radius 1 is 1.57 bits per heavy atom. The molecule has 0 saturated carbocycles. The predicted molar refractivity (Wildman–Crippen MR) is 57.7 cm³/mol. The quantitative estimate of drug-likeness (QED) is 0.707. The van der Waals surface area contributed by atoms with Gasteiger partial charge in [0.1, 0.15) is 6.04 Å². The van der Waals surface area contributed by atoms with E-state index in [0.717, 1.165) is 6.54 Å². The number of halogens is 1. The van der Waals surface area contributed by atoms with E-state index < -0.39 is 0 Å². The minimum Gasteiger partial charge on any atom is -0.375 e. The average molecular weight is 223 g/mol. The first-order valence-corrected chi connectivity index (χ1v) is 4.76. The van der Waals surface area contributed by atoms with Crippen molar-refractivity contribution >= 4 is 18.3 Å². The van der Waals surface area contributed by atoms with Crippen LogP contribution in [0.5, 0.6) is 0 Å². The lowest BCUT2D eigenvalue weighted by molar-refractivity contribution is -0.129. The minimum absolute atomic E-state index is 0. The van der Waals surface area contributed by atoms with Crippen LogP contribution in [-0.2, 0) is 9.53 Å². The van der Waals surface area contributed by atoms with E-state index in [1.54, 1.807) is 0 Å². The fraction of sp³-hybridized carbons (Fsp3) is 0.889. The molecule has 0 aliphatic carbocycles. The molecule has 0 spiro atoms. The van der Waals surface area contributed by atoms with E-state index in [9.17, 15) is 4.79 Å². The van der Waals surface area contributed by atoms with Crippen LogP contribution in [0.25, 0.3) is 0 Å². The topological polar surface area (TPSA) is 50.4 Å². The third-order valence-corrected chi connectivity index (χ3v) is 2.03. The maximum absolute atomic E-state index is 11.6. The highest BCUT2D eigenvalue weighted by molar-refractivity contribution is 5.85. The van der Waals surface area contributed by atoms with Crippen molar-refractivity contribution < 1.29 is 9.53 Å². The van der Waals surface area contributed by atoms with Gasteiger partial charge in [0.25, 0.3) is 0 Å². The largest absolute Gasteiger partial charge is 0.375 e. The Bertz CT molecular complexity index is 188. The molecule has 0 aromatic heterocycles. The Morgan fingerprint density at radius 2 is 2.21 bits per heavy atom. The molecule has 0 aromatic carbocycles. The lowest BCUT2D eigenvalue weighted by atomic mass is 10.1. The summed E-state index contributed by atoms with van der Waals surface area (Å²) < 4.78 is 5.37. The first-order valence-electron chi connectivity index (χ1n) is 4.76. The normalized spacial score (nSPS) is 26.9. The molecule has 1 rings (SSSR count). The van der Waals surface area contributed by atoms with Gasteiger partial charge in [0.2, 0.25) is 5.91 Å². The minimum atomic E-state index is -0.198. The van der Waals surface area contributed by atoms with Gasteiger partial charge < -0.3 is 15.4 Å². The van der Waals surface area contributed by atoms with Crippen LogP contribution < -0.4 is 10.6 Å². The SMILES string of the molecule is CC(C)NC(=O)[C@H]1NCCO[C@@H]1C.Cl. The van der Waals surface area contributed by atoms with E-state index in [2.05, 4.69) is 10.6 Å². The van der Waals surface area contributed by atoms with Gasteiger partial charge in [-0.05, 0) is 20.8 Å². The van der Waals surface area contributed by atoms with Gasteiger partial charge in [0.05, 0.1) is 12.7 Å². The van der Waals surface area contributed by atoms with Gasteiger partial charge in [-0.3, -0.25) is 4.79 Å². The molecule has 0 unspecified atom stereocenters. The monoisotopic (exact) mass is 222 g/mol. The molecule has 14 heavy (non-hydrogen) atoms. The average Bonchev–Trinajstić information content (AvgIpc) is 2.03. The first-order chi connectivity index (χ1) is 6.11. The highest BCUT2D eigenvalue weighted by atomic mass is 35.5. The molecule has 1 amide bonds. The van der Waals surface area contributed by atoms with E-state index in [0.29, 0.717) is 6.61 Å². The summed E-state index contributed by atoms with van der Waals surface area (Å²) >= 11 is 0. The fourth-order valence-electron chi connectivity index (χ4n) is 1.40. The maximum atomic E-state index is 11.6. The van der Waals surface area contributed by atoms with E-state index >= 15 is 0 Å². The summed E-state index contributed by atoms with van der Waals surface area (Å²) in [4.78, 5) is 11.6. The van der Waals surface area contributed by atoms with Gasteiger partial charge in [-0.2, -0.15) is 0 Å². The zero-order valence-corrected chi connectivity index (χ0v) is 9.69. The molecule has 2 atom stereocenters. The second-order valence-corrected chi connectivity index (χ2v) is 3.67. The molecule has 1 saturated heterocycles. The highest BCUT2D eigenvalue weighted by Crippen LogP contribution is 2.03. The van der Waals surface area contributed by atoms with Crippen LogP contribution in [0.15, 0.2) is 0 Å². The summed E-state index contributed by atoms with van der Waals surface area (Å²) in [5, 5.41) is 6.00. The van der Waals surface area contributed by atoms with Crippen molar-refractivity contribution in [3.8, 4) is 0 Å². The predicted octanol–water partition coefficient (Wildman–Crippen LogP) is 0.310. The number of amides is 1. The molecule has 0 radical (unpaired) electrons. The first kappa shape index (κ1) is 13.7. The summed E-state index contributed by atoms with van der Waals surface area (Å²) in [6.45, 7) is 7.25. The van der Waals surface area contributed by atoms with Gasteiger partial charge in [0, 0.05) is 12.6 Å². The number of nitrogens with one attached hydrogen (secondary N) is 2. The van der Waals surface area contributed by atoms with Crippen molar-refractivity contribution in [1.29, 1.82) is 0 Å². The molecule has 0 aromatic rings. The van der Waals surface area contributed by atoms with E-state index in [4.69, 9.17) is 4.74 Å². The molecule has 1 aliphatic rings. The molecular formula is C9H19ClN2O2. The van der Waals surface area contributed by atoms with Crippen LogP contribution in [0.1, 0.15) is 20.8 Å². The van der Waals surface area contributed by atoms with Gasteiger partial charge in [-0.1, -0.05) is 0 Å². The number of carbonyl (C=O) groups excluding carboxylic acids is 1. The smallest absolute Gasteiger partial charge is 0.240 e. The van der Waals surface area contributed by atoms with Gasteiger partial charge in [-0.15, -0.1) is 12.4 Å². The maximum Gasteiger partial charge on any atom is 0.240 e. The molecule has 1 heterocycles. The second kappa shape index (κ2) is 6.22. The molecule has 4 nitrogen and oxygen atoms in total. The number of hydrogen-bond acceptors (Lipinski definition) is 3. The number of ether oxygens (including phenoxy) is 1. The third-order valence-electron chi connectivity index (χ3n) is 2.03. The molecular weight excluding hydrogens is 204 g/mol. The Kier molecular flexibility index (Phi) is 6.08. The molecule has 0 bridgehead atoms. The van der Waals surface area contributed by atoms with E-state index in [1.165, 1.54) is 0 Å². The number of morpholine rings is 1. The lowest BCUT2D eigenvalue weighted by Gasteiger charge is -2.29. The third kappa shape index (κ3) is 3.82. The zero-order valence-electron chi connectivity index (χ0n) is 8.87.